The SMILES string of the molecule is CNc1cc(CC(C)C)nc(Cc2cccc(F)c2)n1. The Hall–Kier alpha value is -1.97. The van der Waals surface area contributed by atoms with Crippen LogP contribution in [-0.2, 0) is 12.8 Å². The molecule has 106 valence electrons. The first-order valence-corrected chi connectivity index (χ1v) is 6.86. The molecule has 1 heterocycles. The molecule has 0 unspecified atom stereocenters. The van der Waals surface area contributed by atoms with Gasteiger partial charge in [0.15, 0.2) is 0 Å². The van der Waals surface area contributed by atoms with Gasteiger partial charge in [-0.3, -0.25) is 0 Å². The van der Waals surface area contributed by atoms with E-state index in [-0.39, 0.29) is 5.82 Å². The van der Waals surface area contributed by atoms with Crippen molar-refractivity contribution in [1.29, 1.82) is 0 Å². The van der Waals surface area contributed by atoms with Crippen molar-refractivity contribution >= 4 is 5.82 Å². The van der Waals surface area contributed by atoms with Crippen LogP contribution in [0.1, 0.15) is 30.9 Å². The maximum Gasteiger partial charge on any atom is 0.135 e. The largest absolute Gasteiger partial charge is 0.373 e. The van der Waals surface area contributed by atoms with Gasteiger partial charge in [0.25, 0.3) is 0 Å². The van der Waals surface area contributed by atoms with Gasteiger partial charge >= 0.3 is 0 Å². The molecule has 0 aliphatic heterocycles. The lowest BCUT2D eigenvalue weighted by atomic mass is 10.1. The number of halogens is 1. The van der Waals surface area contributed by atoms with Crippen molar-refractivity contribution in [3.63, 3.8) is 0 Å². The molecule has 20 heavy (non-hydrogen) atoms. The fourth-order valence-corrected chi connectivity index (χ4v) is 2.11. The highest BCUT2D eigenvalue weighted by molar-refractivity contribution is 5.36. The Morgan fingerprint density at radius 1 is 1.20 bits per heavy atom. The first-order valence-electron chi connectivity index (χ1n) is 6.86. The zero-order valence-corrected chi connectivity index (χ0v) is 12.2. The van der Waals surface area contributed by atoms with Gasteiger partial charge in [0.05, 0.1) is 0 Å². The molecule has 0 atom stereocenters. The third-order valence-corrected chi connectivity index (χ3v) is 2.95. The van der Waals surface area contributed by atoms with E-state index in [1.807, 2.05) is 19.2 Å². The van der Waals surface area contributed by atoms with Crippen molar-refractivity contribution < 1.29 is 4.39 Å². The molecule has 0 fully saturated rings. The lowest BCUT2D eigenvalue weighted by Crippen LogP contribution is -2.06. The Morgan fingerprint density at radius 2 is 2.00 bits per heavy atom. The second kappa shape index (κ2) is 6.46. The molecule has 0 bridgehead atoms. The predicted octanol–water partition coefficient (Wildman–Crippen LogP) is 3.45. The molecule has 4 heteroatoms. The molecule has 2 aromatic rings. The van der Waals surface area contributed by atoms with Crippen LogP contribution in [0.15, 0.2) is 30.3 Å². The molecular weight excluding hydrogens is 253 g/mol. The van der Waals surface area contributed by atoms with E-state index in [4.69, 9.17) is 0 Å². The van der Waals surface area contributed by atoms with Gasteiger partial charge in [0, 0.05) is 25.2 Å². The Kier molecular flexibility index (Phi) is 4.66. The number of benzene rings is 1. The summed E-state index contributed by atoms with van der Waals surface area (Å²) in [6.07, 6.45) is 1.45. The number of hydrogen-bond acceptors (Lipinski definition) is 3. The van der Waals surface area contributed by atoms with Crippen LogP contribution < -0.4 is 5.32 Å². The Bertz CT molecular complexity index is 582. The molecule has 0 amide bonds. The highest BCUT2D eigenvalue weighted by atomic mass is 19.1. The molecule has 1 aromatic heterocycles. The number of anilines is 1. The van der Waals surface area contributed by atoms with Gasteiger partial charge < -0.3 is 5.32 Å². The normalized spacial score (nSPS) is 10.8. The standard InChI is InChI=1S/C16H20FN3/c1-11(2)7-14-10-15(18-3)20-16(19-14)9-12-5-4-6-13(17)8-12/h4-6,8,10-11H,7,9H2,1-3H3,(H,18,19,20). The Morgan fingerprint density at radius 3 is 2.65 bits per heavy atom. The third-order valence-electron chi connectivity index (χ3n) is 2.95. The van der Waals surface area contributed by atoms with E-state index in [1.165, 1.54) is 12.1 Å². The van der Waals surface area contributed by atoms with Crippen molar-refractivity contribution in [3.8, 4) is 0 Å². The zero-order chi connectivity index (χ0) is 14.5. The highest BCUT2D eigenvalue weighted by Crippen LogP contribution is 2.14. The van der Waals surface area contributed by atoms with Crippen molar-refractivity contribution in [2.45, 2.75) is 26.7 Å². The molecule has 0 aliphatic rings. The first kappa shape index (κ1) is 14.4. The van der Waals surface area contributed by atoms with Crippen molar-refractivity contribution in [2.75, 3.05) is 12.4 Å². The average molecular weight is 273 g/mol. The van der Waals surface area contributed by atoms with E-state index in [1.54, 1.807) is 6.07 Å². The fraction of sp³-hybridized carbons (Fsp3) is 0.375. The summed E-state index contributed by atoms with van der Waals surface area (Å²) in [6, 6.07) is 8.54. The van der Waals surface area contributed by atoms with Gasteiger partial charge in [-0.1, -0.05) is 26.0 Å². The van der Waals surface area contributed by atoms with Crippen LogP contribution in [0.3, 0.4) is 0 Å². The fourth-order valence-electron chi connectivity index (χ4n) is 2.11. The zero-order valence-electron chi connectivity index (χ0n) is 12.2. The van der Waals surface area contributed by atoms with E-state index in [0.717, 1.165) is 29.3 Å². The maximum absolute atomic E-state index is 13.2. The Labute approximate surface area is 119 Å². The van der Waals surface area contributed by atoms with Crippen molar-refractivity contribution in [2.24, 2.45) is 5.92 Å². The summed E-state index contributed by atoms with van der Waals surface area (Å²) in [5.41, 5.74) is 1.90. The molecular formula is C16H20FN3. The van der Waals surface area contributed by atoms with Gasteiger partial charge in [-0.25, -0.2) is 14.4 Å². The summed E-state index contributed by atoms with van der Waals surface area (Å²) in [7, 11) is 1.84. The van der Waals surface area contributed by atoms with Gasteiger partial charge in [-0.05, 0) is 30.0 Å². The quantitative estimate of drug-likeness (QED) is 0.906. The minimum absolute atomic E-state index is 0.227. The first-order chi connectivity index (χ1) is 9.56. The van der Waals surface area contributed by atoms with E-state index >= 15 is 0 Å². The summed E-state index contributed by atoms with van der Waals surface area (Å²) in [6.45, 7) is 4.32. The number of nitrogens with zero attached hydrogens (tertiary/aromatic N) is 2. The molecule has 3 nitrogen and oxygen atoms in total. The lowest BCUT2D eigenvalue weighted by Gasteiger charge is -2.09. The van der Waals surface area contributed by atoms with Crippen LogP contribution in [0.4, 0.5) is 10.2 Å². The monoisotopic (exact) mass is 273 g/mol. The Balaban J connectivity index is 2.26. The predicted molar refractivity (Wildman–Crippen MR) is 79.3 cm³/mol. The number of nitrogens with one attached hydrogen (secondary N) is 1. The van der Waals surface area contributed by atoms with Crippen LogP contribution in [0.5, 0.6) is 0 Å². The van der Waals surface area contributed by atoms with Crippen LogP contribution in [0.2, 0.25) is 0 Å². The molecule has 1 aromatic carbocycles. The van der Waals surface area contributed by atoms with E-state index in [9.17, 15) is 4.39 Å². The summed E-state index contributed by atoms with van der Waals surface area (Å²) >= 11 is 0. The van der Waals surface area contributed by atoms with Gasteiger partial charge in [0.2, 0.25) is 0 Å². The maximum atomic E-state index is 13.2. The highest BCUT2D eigenvalue weighted by Gasteiger charge is 2.07. The van der Waals surface area contributed by atoms with Crippen LogP contribution in [-0.4, -0.2) is 17.0 Å². The van der Waals surface area contributed by atoms with Crippen LogP contribution >= 0.6 is 0 Å². The van der Waals surface area contributed by atoms with Crippen LogP contribution in [0, 0.1) is 11.7 Å². The topological polar surface area (TPSA) is 37.8 Å². The summed E-state index contributed by atoms with van der Waals surface area (Å²) in [4.78, 5) is 9.01. The lowest BCUT2D eigenvalue weighted by molar-refractivity contribution is 0.625. The van der Waals surface area contributed by atoms with Crippen molar-refractivity contribution in [3.05, 3.63) is 53.2 Å². The molecule has 0 radical (unpaired) electrons. The third kappa shape index (κ3) is 4.02. The summed E-state index contributed by atoms with van der Waals surface area (Å²) in [5, 5.41) is 3.05. The molecule has 0 saturated carbocycles. The molecule has 0 spiro atoms. The summed E-state index contributed by atoms with van der Waals surface area (Å²) in [5.74, 6) is 1.84. The molecule has 0 aliphatic carbocycles. The van der Waals surface area contributed by atoms with E-state index < -0.39 is 0 Å². The smallest absolute Gasteiger partial charge is 0.135 e. The van der Waals surface area contributed by atoms with Crippen molar-refractivity contribution in [1.82, 2.24) is 9.97 Å². The second-order valence-corrected chi connectivity index (χ2v) is 5.32. The van der Waals surface area contributed by atoms with Crippen LogP contribution in [0.25, 0.3) is 0 Å². The molecule has 1 N–H and O–H groups in total. The molecule has 0 saturated heterocycles. The van der Waals surface area contributed by atoms with Gasteiger partial charge in [-0.15, -0.1) is 0 Å². The number of rotatable bonds is 5. The second-order valence-electron chi connectivity index (χ2n) is 5.32. The molecule has 2 rings (SSSR count). The van der Waals surface area contributed by atoms with Gasteiger partial charge in [0.1, 0.15) is 17.5 Å². The average Bonchev–Trinajstić information content (AvgIpc) is 2.37. The summed E-state index contributed by atoms with van der Waals surface area (Å²) < 4.78 is 13.2. The number of aromatic nitrogens is 2. The van der Waals surface area contributed by atoms with E-state index in [2.05, 4.69) is 29.1 Å². The number of hydrogen-bond donors (Lipinski definition) is 1. The minimum atomic E-state index is -0.227. The van der Waals surface area contributed by atoms with E-state index in [0.29, 0.717) is 12.3 Å². The van der Waals surface area contributed by atoms with Gasteiger partial charge in [-0.2, -0.15) is 0 Å². The minimum Gasteiger partial charge on any atom is -0.373 e.